The molecule has 3 rings (SSSR count). The molecule has 2 amide bonds. The molecule has 0 radical (unpaired) electrons. The van der Waals surface area contributed by atoms with Crippen LogP contribution in [0.3, 0.4) is 0 Å². The fourth-order valence-corrected chi connectivity index (χ4v) is 3.21. The Morgan fingerprint density at radius 1 is 0.760 bits per heavy atom. The van der Waals surface area contributed by atoms with Gasteiger partial charge in [0.15, 0.2) is 0 Å². The van der Waals surface area contributed by atoms with Crippen molar-refractivity contribution in [2.75, 3.05) is 0 Å². The quantitative estimate of drug-likeness (QED) is 0.589. The van der Waals surface area contributed by atoms with Crippen LogP contribution in [-0.2, 0) is 0 Å². The summed E-state index contributed by atoms with van der Waals surface area (Å²) >= 11 is 0. The van der Waals surface area contributed by atoms with Crippen molar-refractivity contribution in [3.63, 3.8) is 0 Å². The van der Waals surface area contributed by atoms with Crippen LogP contribution < -0.4 is 10.8 Å². The SMILES string of the molecule is O=C(NO)c1ccc(-c2ccc(C(=O)NC3CCCCC3)cc2)cc1. The maximum atomic E-state index is 12.3. The molecule has 1 saturated carbocycles. The topological polar surface area (TPSA) is 78.4 Å². The van der Waals surface area contributed by atoms with E-state index in [-0.39, 0.29) is 5.91 Å². The maximum Gasteiger partial charge on any atom is 0.274 e. The average Bonchev–Trinajstić information content (AvgIpc) is 2.68. The molecule has 0 saturated heterocycles. The fourth-order valence-electron chi connectivity index (χ4n) is 3.21. The van der Waals surface area contributed by atoms with Crippen LogP contribution in [0.15, 0.2) is 48.5 Å². The Bertz CT molecular complexity index is 733. The molecule has 0 aromatic heterocycles. The second-order valence-electron chi connectivity index (χ2n) is 6.40. The lowest BCUT2D eigenvalue weighted by atomic mass is 9.95. The molecule has 0 atom stereocenters. The van der Waals surface area contributed by atoms with Crippen LogP contribution in [0.25, 0.3) is 11.1 Å². The van der Waals surface area contributed by atoms with Crippen LogP contribution in [0, 0.1) is 0 Å². The molecule has 130 valence electrons. The Balaban J connectivity index is 1.67. The lowest BCUT2D eigenvalue weighted by Gasteiger charge is -2.22. The molecule has 0 spiro atoms. The Morgan fingerprint density at radius 2 is 1.24 bits per heavy atom. The molecule has 2 aromatic rings. The monoisotopic (exact) mass is 338 g/mol. The van der Waals surface area contributed by atoms with E-state index in [4.69, 9.17) is 5.21 Å². The molecule has 0 bridgehead atoms. The van der Waals surface area contributed by atoms with E-state index >= 15 is 0 Å². The first-order chi connectivity index (χ1) is 12.2. The highest BCUT2D eigenvalue weighted by Crippen LogP contribution is 2.21. The molecule has 1 aliphatic rings. The summed E-state index contributed by atoms with van der Waals surface area (Å²) in [6.45, 7) is 0. The van der Waals surface area contributed by atoms with Gasteiger partial charge in [-0.2, -0.15) is 0 Å². The van der Waals surface area contributed by atoms with Gasteiger partial charge in [0.05, 0.1) is 0 Å². The van der Waals surface area contributed by atoms with Crippen molar-refractivity contribution in [2.24, 2.45) is 0 Å². The number of carbonyl (C=O) groups excluding carboxylic acids is 2. The van der Waals surface area contributed by atoms with Gasteiger partial charge in [-0.3, -0.25) is 14.8 Å². The molecule has 2 aromatic carbocycles. The largest absolute Gasteiger partial charge is 0.349 e. The van der Waals surface area contributed by atoms with Gasteiger partial charge >= 0.3 is 0 Å². The molecular weight excluding hydrogens is 316 g/mol. The third-order valence-electron chi connectivity index (χ3n) is 4.67. The van der Waals surface area contributed by atoms with E-state index in [1.807, 2.05) is 36.4 Å². The van der Waals surface area contributed by atoms with Crippen molar-refractivity contribution in [2.45, 2.75) is 38.1 Å². The van der Waals surface area contributed by atoms with Crippen LogP contribution in [-0.4, -0.2) is 23.1 Å². The lowest BCUT2D eigenvalue weighted by Crippen LogP contribution is -2.36. The van der Waals surface area contributed by atoms with E-state index in [9.17, 15) is 9.59 Å². The van der Waals surface area contributed by atoms with Gasteiger partial charge in [-0.05, 0) is 48.2 Å². The first kappa shape index (κ1) is 17.2. The second-order valence-corrected chi connectivity index (χ2v) is 6.40. The van der Waals surface area contributed by atoms with Gasteiger partial charge < -0.3 is 5.32 Å². The number of hydrogen-bond donors (Lipinski definition) is 3. The lowest BCUT2D eigenvalue weighted by molar-refractivity contribution is 0.0706. The van der Waals surface area contributed by atoms with Crippen molar-refractivity contribution in [1.82, 2.24) is 10.8 Å². The zero-order chi connectivity index (χ0) is 17.6. The summed E-state index contributed by atoms with van der Waals surface area (Å²) in [7, 11) is 0. The molecule has 0 unspecified atom stereocenters. The summed E-state index contributed by atoms with van der Waals surface area (Å²) < 4.78 is 0. The molecule has 1 aliphatic carbocycles. The van der Waals surface area contributed by atoms with Crippen LogP contribution in [0.5, 0.6) is 0 Å². The number of hydrogen-bond acceptors (Lipinski definition) is 3. The maximum absolute atomic E-state index is 12.3. The van der Waals surface area contributed by atoms with Gasteiger partial charge in [0.1, 0.15) is 0 Å². The minimum atomic E-state index is -0.540. The third-order valence-corrected chi connectivity index (χ3v) is 4.67. The number of rotatable bonds is 4. The molecule has 3 N–H and O–H groups in total. The highest BCUT2D eigenvalue weighted by molar-refractivity contribution is 5.95. The fraction of sp³-hybridized carbons (Fsp3) is 0.300. The van der Waals surface area contributed by atoms with Gasteiger partial charge in [0.25, 0.3) is 11.8 Å². The zero-order valence-electron chi connectivity index (χ0n) is 14.0. The van der Waals surface area contributed by atoms with E-state index in [0.717, 1.165) is 24.0 Å². The summed E-state index contributed by atoms with van der Waals surface area (Å²) in [5.41, 5.74) is 4.55. The summed E-state index contributed by atoms with van der Waals surface area (Å²) in [4.78, 5) is 23.7. The predicted molar refractivity (Wildman–Crippen MR) is 95.5 cm³/mol. The molecular formula is C20H22N2O3. The molecule has 0 aliphatic heterocycles. The van der Waals surface area contributed by atoms with Crippen LogP contribution in [0.4, 0.5) is 0 Å². The van der Waals surface area contributed by atoms with Crippen LogP contribution in [0.2, 0.25) is 0 Å². The molecule has 1 fully saturated rings. The summed E-state index contributed by atoms with van der Waals surface area (Å²) in [6, 6.07) is 14.6. The minimum Gasteiger partial charge on any atom is -0.349 e. The first-order valence-corrected chi connectivity index (χ1v) is 8.63. The summed E-state index contributed by atoms with van der Waals surface area (Å²) in [6.07, 6.45) is 5.78. The molecule has 25 heavy (non-hydrogen) atoms. The van der Waals surface area contributed by atoms with Gasteiger partial charge in [-0.1, -0.05) is 43.5 Å². The van der Waals surface area contributed by atoms with Crippen molar-refractivity contribution in [3.8, 4) is 11.1 Å². The van der Waals surface area contributed by atoms with E-state index in [1.54, 1.807) is 17.6 Å². The number of amides is 2. The van der Waals surface area contributed by atoms with Gasteiger partial charge in [-0.25, -0.2) is 5.48 Å². The Labute approximate surface area is 147 Å². The highest BCUT2D eigenvalue weighted by atomic mass is 16.5. The van der Waals surface area contributed by atoms with Crippen molar-refractivity contribution >= 4 is 11.8 Å². The summed E-state index contributed by atoms with van der Waals surface area (Å²) in [5.74, 6) is -0.560. The Hall–Kier alpha value is -2.66. The first-order valence-electron chi connectivity index (χ1n) is 8.63. The highest BCUT2D eigenvalue weighted by Gasteiger charge is 2.16. The Morgan fingerprint density at radius 3 is 1.72 bits per heavy atom. The van der Waals surface area contributed by atoms with Crippen molar-refractivity contribution < 1.29 is 14.8 Å². The normalized spacial score (nSPS) is 14.8. The van der Waals surface area contributed by atoms with Crippen molar-refractivity contribution in [3.05, 3.63) is 59.7 Å². The number of hydroxylamine groups is 1. The summed E-state index contributed by atoms with van der Waals surface area (Å²) in [5, 5.41) is 11.8. The molecule has 5 heteroatoms. The predicted octanol–water partition coefficient (Wildman–Crippen LogP) is 3.54. The molecule has 5 nitrogen and oxygen atoms in total. The number of benzene rings is 2. The molecule has 0 heterocycles. The van der Waals surface area contributed by atoms with E-state index in [2.05, 4.69) is 5.32 Å². The van der Waals surface area contributed by atoms with Crippen LogP contribution in [0.1, 0.15) is 52.8 Å². The van der Waals surface area contributed by atoms with Gasteiger partial charge in [0, 0.05) is 17.2 Å². The second kappa shape index (κ2) is 7.94. The Kier molecular flexibility index (Phi) is 5.46. The van der Waals surface area contributed by atoms with E-state index < -0.39 is 5.91 Å². The number of carbonyl (C=O) groups is 2. The van der Waals surface area contributed by atoms with Crippen LogP contribution >= 0.6 is 0 Å². The average molecular weight is 338 g/mol. The smallest absolute Gasteiger partial charge is 0.274 e. The van der Waals surface area contributed by atoms with E-state index in [0.29, 0.717) is 17.2 Å². The van der Waals surface area contributed by atoms with Gasteiger partial charge in [0.2, 0.25) is 0 Å². The minimum absolute atomic E-state index is 0.0200. The number of nitrogens with one attached hydrogen (secondary N) is 2. The zero-order valence-corrected chi connectivity index (χ0v) is 14.0. The van der Waals surface area contributed by atoms with Gasteiger partial charge in [-0.15, -0.1) is 0 Å². The third kappa shape index (κ3) is 4.25. The van der Waals surface area contributed by atoms with E-state index in [1.165, 1.54) is 19.3 Å². The standard InChI is InChI=1S/C20H22N2O3/c23-19(21-18-4-2-1-3-5-18)16-10-6-14(7-11-16)15-8-12-17(13-9-15)20(24)22-25/h6-13,18,25H,1-5H2,(H,21,23)(H,22,24). The van der Waals surface area contributed by atoms with Crippen molar-refractivity contribution in [1.29, 1.82) is 0 Å².